The van der Waals surface area contributed by atoms with E-state index in [0.29, 0.717) is 5.56 Å². The Morgan fingerprint density at radius 3 is 2.10 bits per heavy atom. The Morgan fingerprint density at radius 2 is 1.62 bits per heavy atom. The second kappa shape index (κ2) is 5.87. The number of rotatable bonds is 3. The van der Waals surface area contributed by atoms with Crippen LogP contribution < -0.4 is 11.3 Å². The molecule has 1 unspecified atom stereocenters. The standard InChI is InChI=1S/C16H17F3N2/c1-10-3-8-14(11(2)9-10)15(21-20)12-4-6-13(7-5-12)16(17,18)19/h3-9,15,21H,20H2,1-2H3. The third-order valence-corrected chi connectivity index (χ3v) is 3.47. The maximum atomic E-state index is 12.6. The molecule has 21 heavy (non-hydrogen) atoms. The van der Waals surface area contributed by atoms with E-state index in [0.717, 1.165) is 28.8 Å². The highest BCUT2D eigenvalue weighted by Crippen LogP contribution is 2.31. The van der Waals surface area contributed by atoms with Gasteiger partial charge in [0.05, 0.1) is 11.6 Å². The number of benzene rings is 2. The van der Waals surface area contributed by atoms with Gasteiger partial charge in [-0.2, -0.15) is 13.2 Å². The SMILES string of the molecule is Cc1ccc(C(NN)c2ccc(C(F)(F)F)cc2)c(C)c1. The fourth-order valence-electron chi connectivity index (χ4n) is 2.38. The predicted octanol–water partition coefficient (Wildman–Crippen LogP) is 3.87. The molecule has 0 radical (unpaired) electrons. The molecule has 0 spiro atoms. The number of hydrogen-bond acceptors (Lipinski definition) is 2. The molecule has 2 rings (SSSR count). The lowest BCUT2D eigenvalue weighted by Crippen LogP contribution is -2.29. The van der Waals surface area contributed by atoms with Crippen LogP contribution in [-0.4, -0.2) is 0 Å². The first-order chi connectivity index (χ1) is 9.82. The molecule has 0 fully saturated rings. The summed E-state index contributed by atoms with van der Waals surface area (Å²) in [4.78, 5) is 0. The molecule has 1 atom stereocenters. The molecule has 3 N–H and O–H groups in total. The number of hydrogen-bond donors (Lipinski definition) is 2. The van der Waals surface area contributed by atoms with Crippen molar-refractivity contribution in [2.24, 2.45) is 5.84 Å². The predicted molar refractivity (Wildman–Crippen MR) is 76.5 cm³/mol. The minimum Gasteiger partial charge on any atom is -0.271 e. The zero-order valence-electron chi connectivity index (χ0n) is 11.8. The maximum absolute atomic E-state index is 12.6. The Kier molecular flexibility index (Phi) is 4.34. The Bertz CT molecular complexity index is 618. The normalized spacial score (nSPS) is 13.2. The minimum absolute atomic E-state index is 0.340. The highest BCUT2D eigenvalue weighted by atomic mass is 19.4. The van der Waals surface area contributed by atoms with Crippen LogP contribution in [0.5, 0.6) is 0 Å². The van der Waals surface area contributed by atoms with E-state index in [1.165, 1.54) is 12.1 Å². The van der Waals surface area contributed by atoms with Gasteiger partial charge in [-0.3, -0.25) is 5.84 Å². The van der Waals surface area contributed by atoms with Crippen LogP contribution in [-0.2, 0) is 6.18 Å². The summed E-state index contributed by atoms with van der Waals surface area (Å²) in [6, 6.07) is 10.6. The fourth-order valence-corrected chi connectivity index (χ4v) is 2.38. The minimum atomic E-state index is -4.33. The van der Waals surface area contributed by atoms with Gasteiger partial charge in [0.1, 0.15) is 0 Å². The van der Waals surface area contributed by atoms with Gasteiger partial charge in [-0.15, -0.1) is 0 Å². The van der Waals surface area contributed by atoms with E-state index < -0.39 is 11.7 Å². The van der Waals surface area contributed by atoms with E-state index in [9.17, 15) is 13.2 Å². The highest BCUT2D eigenvalue weighted by molar-refractivity contribution is 5.39. The van der Waals surface area contributed by atoms with Crippen molar-refractivity contribution in [2.75, 3.05) is 0 Å². The fraction of sp³-hybridized carbons (Fsp3) is 0.250. The first-order valence-electron chi connectivity index (χ1n) is 6.53. The molecule has 2 aromatic carbocycles. The molecule has 0 aromatic heterocycles. The Morgan fingerprint density at radius 1 is 1.00 bits per heavy atom. The van der Waals surface area contributed by atoms with Crippen molar-refractivity contribution in [3.63, 3.8) is 0 Å². The van der Waals surface area contributed by atoms with E-state index in [1.54, 1.807) is 0 Å². The van der Waals surface area contributed by atoms with Crippen molar-refractivity contribution in [2.45, 2.75) is 26.1 Å². The van der Waals surface area contributed by atoms with Crippen LogP contribution in [0.3, 0.4) is 0 Å². The van der Waals surface area contributed by atoms with Gasteiger partial charge in [-0.25, -0.2) is 5.43 Å². The van der Waals surface area contributed by atoms with Crippen LogP contribution in [0.2, 0.25) is 0 Å². The molecule has 0 aliphatic carbocycles. The van der Waals surface area contributed by atoms with Crippen molar-refractivity contribution in [3.05, 3.63) is 70.3 Å². The van der Waals surface area contributed by atoms with Gasteiger partial charge in [-0.05, 0) is 42.7 Å². The monoisotopic (exact) mass is 294 g/mol. The third-order valence-electron chi connectivity index (χ3n) is 3.47. The zero-order valence-corrected chi connectivity index (χ0v) is 11.8. The molecule has 0 amide bonds. The van der Waals surface area contributed by atoms with Crippen LogP contribution in [0.15, 0.2) is 42.5 Å². The second-order valence-corrected chi connectivity index (χ2v) is 5.08. The lowest BCUT2D eigenvalue weighted by Gasteiger charge is -2.20. The van der Waals surface area contributed by atoms with E-state index in [2.05, 4.69) is 5.43 Å². The van der Waals surface area contributed by atoms with Crippen molar-refractivity contribution in [1.29, 1.82) is 0 Å². The van der Waals surface area contributed by atoms with Crippen LogP contribution in [0.1, 0.15) is 33.9 Å². The van der Waals surface area contributed by atoms with E-state index >= 15 is 0 Å². The quantitative estimate of drug-likeness (QED) is 0.666. The first kappa shape index (κ1) is 15.5. The van der Waals surface area contributed by atoms with E-state index in [-0.39, 0.29) is 6.04 Å². The van der Waals surface area contributed by atoms with Gasteiger partial charge in [0.25, 0.3) is 0 Å². The van der Waals surface area contributed by atoms with Gasteiger partial charge in [0.15, 0.2) is 0 Å². The smallest absolute Gasteiger partial charge is 0.271 e. The third kappa shape index (κ3) is 3.43. The summed E-state index contributed by atoms with van der Waals surface area (Å²) < 4.78 is 37.8. The number of alkyl halides is 3. The molecule has 0 saturated heterocycles. The van der Waals surface area contributed by atoms with Crippen LogP contribution >= 0.6 is 0 Å². The highest BCUT2D eigenvalue weighted by Gasteiger charge is 2.30. The Hall–Kier alpha value is -1.85. The molecule has 0 saturated carbocycles. The van der Waals surface area contributed by atoms with Crippen molar-refractivity contribution >= 4 is 0 Å². The van der Waals surface area contributed by atoms with Gasteiger partial charge < -0.3 is 0 Å². The average molecular weight is 294 g/mol. The summed E-state index contributed by atoms with van der Waals surface area (Å²) in [5, 5.41) is 0. The Balaban J connectivity index is 2.37. The van der Waals surface area contributed by atoms with Crippen LogP contribution in [0, 0.1) is 13.8 Å². The zero-order chi connectivity index (χ0) is 15.6. The topological polar surface area (TPSA) is 38.0 Å². The molecule has 0 aliphatic rings. The van der Waals surface area contributed by atoms with Gasteiger partial charge in [-0.1, -0.05) is 35.9 Å². The summed E-state index contributed by atoms with van der Waals surface area (Å²) in [5.41, 5.74) is 5.81. The molecule has 0 heterocycles. The summed E-state index contributed by atoms with van der Waals surface area (Å²) in [5.74, 6) is 5.60. The number of aryl methyl sites for hydroxylation is 2. The summed E-state index contributed by atoms with van der Waals surface area (Å²) >= 11 is 0. The molecule has 2 nitrogen and oxygen atoms in total. The summed E-state index contributed by atoms with van der Waals surface area (Å²) in [6.07, 6.45) is -4.33. The van der Waals surface area contributed by atoms with E-state index in [4.69, 9.17) is 5.84 Å². The number of nitrogens with two attached hydrogens (primary N) is 1. The maximum Gasteiger partial charge on any atom is 0.416 e. The lowest BCUT2D eigenvalue weighted by atomic mass is 9.94. The van der Waals surface area contributed by atoms with Crippen LogP contribution in [0.4, 0.5) is 13.2 Å². The lowest BCUT2D eigenvalue weighted by molar-refractivity contribution is -0.137. The molecule has 0 bridgehead atoms. The van der Waals surface area contributed by atoms with Gasteiger partial charge in [0.2, 0.25) is 0 Å². The van der Waals surface area contributed by atoms with Crippen molar-refractivity contribution in [1.82, 2.24) is 5.43 Å². The van der Waals surface area contributed by atoms with Crippen molar-refractivity contribution in [3.8, 4) is 0 Å². The molecule has 112 valence electrons. The average Bonchev–Trinajstić information content (AvgIpc) is 2.41. The number of nitrogens with one attached hydrogen (secondary N) is 1. The Labute approximate surface area is 121 Å². The first-order valence-corrected chi connectivity index (χ1v) is 6.53. The molecule has 0 aliphatic heterocycles. The largest absolute Gasteiger partial charge is 0.416 e. The second-order valence-electron chi connectivity index (χ2n) is 5.08. The molecule has 2 aromatic rings. The van der Waals surface area contributed by atoms with Crippen molar-refractivity contribution < 1.29 is 13.2 Å². The molecular formula is C16H17F3N2. The molecule has 5 heteroatoms. The van der Waals surface area contributed by atoms with Crippen LogP contribution in [0.25, 0.3) is 0 Å². The molecular weight excluding hydrogens is 277 g/mol. The summed E-state index contributed by atoms with van der Waals surface area (Å²) in [6.45, 7) is 3.94. The van der Waals surface area contributed by atoms with Gasteiger partial charge >= 0.3 is 6.18 Å². The number of hydrazine groups is 1. The number of halogens is 3. The summed E-state index contributed by atoms with van der Waals surface area (Å²) in [7, 11) is 0. The van der Waals surface area contributed by atoms with Gasteiger partial charge in [0, 0.05) is 0 Å². The van der Waals surface area contributed by atoms with E-state index in [1.807, 2.05) is 32.0 Å².